The second kappa shape index (κ2) is 6.10. The predicted octanol–water partition coefficient (Wildman–Crippen LogP) is 1.57. The van der Waals surface area contributed by atoms with Gasteiger partial charge in [0.15, 0.2) is 0 Å². The molecule has 0 bridgehead atoms. The van der Waals surface area contributed by atoms with Gasteiger partial charge in [-0.2, -0.15) is 0 Å². The largest absolute Gasteiger partial charge is 0.481 e. The Bertz CT molecular complexity index is 642. The van der Waals surface area contributed by atoms with Crippen LogP contribution < -0.4 is 0 Å². The van der Waals surface area contributed by atoms with Crippen molar-refractivity contribution in [3.8, 4) is 0 Å². The van der Waals surface area contributed by atoms with E-state index >= 15 is 0 Å². The molecule has 0 radical (unpaired) electrons. The number of aliphatic carboxylic acids is 1. The highest BCUT2D eigenvalue weighted by Crippen LogP contribution is 2.12. The van der Waals surface area contributed by atoms with Crippen molar-refractivity contribution in [3.63, 3.8) is 0 Å². The first kappa shape index (κ1) is 13.9. The van der Waals surface area contributed by atoms with Gasteiger partial charge in [-0.05, 0) is 24.6 Å². The molecule has 0 saturated heterocycles. The summed E-state index contributed by atoms with van der Waals surface area (Å²) < 4.78 is 0. The summed E-state index contributed by atoms with van der Waals surface area (Å²) in [6, 6.07) is 5.14. The first-order chi connectivity index (χ1) is 9.58. The monoisotopic (exact) mass is 273 g/mol. The van der Waals surface area contributed by atoms with Crippen molar-refractivity contribution in [3.05, 3.63) is 36.2 Å². The van der Waals surface area contributed by atoms with E-state index in [4.69, 9.17) is 5.11 Å². The fraction of sp³-hybridized carbons (Fsp3) is 0.286. The molecule has 0 saturated carbocycles. The molecule has 1 aromatic heterocycles. The number of rotatable bonds is 5. The highest BCUT2D eigenvalue weighted by atomic mass is 16.4. The Labute approximate surface area is 116 Å². The number of carboxylic acids is 1. The van der Waals surface area contributed by atoms with Crippen molar-refractivity contribution in [2.24, 2.45) is 0 Å². The number of nitrogens with zero attached hydrogens (tertiary/aromatic N) is 3. The number of aromatic nitrogens is 2. The van der Waals surface area contributed by atoms with Crippen LogP contribution in [0.25, 0.3) is 11.0 Å². The average molecular weight is 273 g/mol. The van der Waals surface area contributed by atoms with Crippen LogP contribution >= 0.6 is 0 Å². The predicted molar refractivity (Wildman–Crippen MR) is 73.4 cm³/mol. The zero-order valence-electron chi connectivity index (χ0n) is 11.1. The van der Waals surface area contributed by atoms with Gasteiger partial charge >= 0.3 is 5.97 Å². The highest BCUT2D eigenvalue weighted by Gasteiger charge is 2.12. The third kappa shape index (κ3) is 3.28. The molecule has 6 nitrogen and oxygen atoms in total. The molecular formula is C14H15N3O3. The van der Waals surface area contributed by atoms with Crippen molar-refractivity contribution >= 4 is 22.9 Å². The van der Waals surface area contributed by atoms with E-state index < -0.39 is 5.97 Å². The minimum Gasteiger partial charge on any atom is -0.481 e. The van der Waals surface area contributed by atoms with E-state index in [1.807, 2.05) is 0 Å². The molecule has 1 heterocycles. The van der Waals surface area contributed by atoms with Crippen LogP contribution in [0.5, 0.6) is 0 Å². The second-order valence-corrected chi connectivity index (χ2v) is 4.48. The Morgan fingerprint density at radius 3 is 2.60 bits per heavy atom. The summed E-state index contributed by atoms with van der Waals surface area (Å²) in [4.78, 5) is 32.5. The maximum Gasteiger partial charge on any atom is 0.303 e. The van der Waals surface area contributed by atoms with Crippen LogP contribution in [0, 0.1) is 0 Å². The molecule has 0 aliphatic carbocycles. The minimum atomic E-state index is -0.855. The van der Waals surface area contributed by atoms with Crippen LogP contribution in [0.1, 0.15) is 23.2 Å². The van der Waals surface area contributed by atoms with Crippen LogP contribution in [-0.2, 0) is 4.79 Å². The topological polar surface area (TPSA) is 83.4 Å². The van der Waals surface area contributed by atoms with E-state index in [1.165, 1.54) is 4.90 Å². The number of carbonyl (C=O) groups is 2. The Hall–Kier alpha value is -2.50. The smallest absolute Gasteiger partial charge is 0.303 e. The van der Waals surface area contributed by atoms with Gasteiger partial charge in [0.25, 0.3) is 5.91 Å². The molecule has 1 N–H and O–H groups in total. The molecule has 1 amide bonds. The molecule has 1 aromatic carbocycles. The lowest BCUT2D eigenvalue weighted by atomic mass is 10.1. The van der Waals surface area contributed by atoms with Gasteiger partial charge in [-0.15, -0.1) is 0 Å². The third-order valence-corrected chi connectivity index (χ3v) is 2.95. The van der Waals surface area contributed by atoms with Crippen LogP contribution in [0.2, 0.25) is 0 Å². The van der Waals surface area contributed by atoms with Gasteiger partial charge in [0.2, 0.25) is 0 Å². The zero-order valence-corrected chi connectivity index (χ0v) is 11.1. The van der Waals surface area contributed by atoms with Crippen LogP contribution in [0.4, 0.5) is 0 Å². The van der Waals surface area contributed by atoms with Crippen molar-refractivity contribution in [1.82, 2.24) is 14.9 Å². The van der Waals surface area contributed by atoms with Gasteiger partial charge in [0.1, 0.15) is 0 Å². The molecule has 0 fully saturated rings. The van der Waals surface area contributed by atoms with Gasteiger partial charge in [0.05, 0.1) is 11.0 Å². The molecule has 20 heavy (non-hydrogen) atoms. The molecule has 2 aromatic rings. The summed E-state index contributed by atoms with van der Waals surface area (Å²) in [5, 5.41) is 8.58. The third-order valence-electron chi connectivity index (χ3n) is 2.95. The number of hydrogen-bond acceptors (Lipinski definition) is 4. The number of fused-ring (bicyclic) bond motifs is 1. The summed E-state index contributed by atoms with van der Waals surface area (Å²) in [7, 11) is 1.66. The van der Waals surface area contributed by atoms with Gasteiger partial charge in [0, 0.05) is 38.0 Å². The maximum absolute atomic E-state index is 12.2. The maximum atomic E-state index is 12.2. The molecule has 2 rings (SSSR count). The lowest BCUT2D eigenvalue weighted by Crippen LogP contribution is -2.28. The Morgan fingerprint density at radius 1 is 1.20 bits per heavy atom. The van der Waals surface area contributed by atoms with Crippen molar-refractivity contribution in [1.29, 1.82) is 0 Å². The fourth-order valence-electron chi connectivity index (χ4n) is 1.89. The number of hydrogen-bond donors (Lipinski definition) is 1. The Balaban J connectivity index is 2.08. The minimum absolute atomic E-state index is 0.0564. The standard InChI is InChI=1S/C14H15N3O3/c1-17(8-2-3-13(18)19)14(20)10-4-5-11-12(9-10)16-7-6-15-11/h4-7,9H,2-3,8H2,1H3,(H,18,19). The molecular weight excluding hydrogens is 258 g/mol. The van der Waals surface area contributed by atoms with Crippen LogP contribution in [-0.4, -0.2) is 45.4 Å². The van der Waals surface area contributed by atoms with Crippen LogP contribution in [0.3, 0.4) is 0 Å². The summed E-state index contributed by atoms with van der Waals surface area (Å²) in [5.41, 5.74) is 1.92. The fourth-order valence-corrected chi connectivity index (χ4v) is 1.89. The highest BCUT2D eigenvalue weighted by molar-refractivity contribution is 5.97. The first-order valence-electron chi connectivity index (χ1n) is 6.26. The molecule has 104 valence electrons. The lowest BCUT2D eigenvalue weighted by Gasteiger charge is -2.16. The van der Waals surface area contributed by atoms with E-state index in [0.717, 1.165) is 5.52 Å². The molecule has 0 unspecified atom stereocenters. The van der Waals surface area contributed by atoms with E-state index in [9.17, 15) is 9.59 Å². The molecule has 0 aliphatic rings. The number of carbonyl (C=O) groups excluding carboxylic acids is 1. The lowest BCUT2D eigenvalue weighted by molar-refractivity contribution is -0.137. The zero-order chi connectivity index (χ0) is 14.5. The summed E-state index contributed by atoms with van der Waals surface area (Å²) in [6.45, 7) is 0.406. The summed E-state index contributed by atoms with van der Waals surface area (Å²) >= 11 is 0. The van der Waals surface area contributed by atoms with Gasteiger partial charge in [-0.3, -0.25) is 19.6 Å². The van der Waals surface area contributed by atoms with Crippen LogP contribution in [0.15, 0.2) is 30.6 Å². The Kier molecular flexibility index (Phi) is 4.24. The molecule has 0 spiro atoms. The number of benzene rings is 1. The van der Waals surface area contributed by atoms with Gasteiger partial charge in [-0.1, -0.05) is 0 Å². The van der Waals surface area contributed by atoms with Crippen molar-refractivity contribution in [2.75, 3.05) is 13.6 Å². The van der Waals surface area contributed by atoms with E-state index in [2.05, 4.69) is 9.97 Å². The Morgan fingerprint density at radius 2 is 1.90 bits per heavy atom. The number of amides is 1. The van der Waals surface area contributed by atoms with Gasteiger partial charge < -0.3 is 10.0 Å². The SMILES string of the molecule is CN(CCCC(=O)O)C(=O)c1ccc2nccnc2c1. The van der Waals surface area contributed by atoms with E-state index in [1.54, 1.807) is 37.6 Å². The summed E-state index contributed by atoms with van der Waals surface area (Å²) in [6.07, 6.45) is 3.67. The van der Waals surface area contributed by atoms with E-state index in [-0.39, 0.29) is 12.3 Å². The molecule has 0 aliphatic heterocycles. The quantitative estimate of drug-likeness (QED) is 0.894. The first-order valence-corrected chi connectivity index (χ1v) is 6.26. The normalized spacial score (nSPS) is 10.4. The van der Waals surface area contributed by atoms with Crippen molar-refractivity contribution in [2.45, 2.75) is 12.8 Å². The molecule has 6 heteroatoms. The molecule has 0 atom stereocenters. The summed E-state index contributed by atoms with van der Waals surface area (Å²) in [5.74, 6) is -1.00. The second-order valence-electron chi connectivity index (χ2n) is 4.48. The number of carboxylic acid groups (broad SMARTS) is 1. The average Bonchev–Trinajstić information content (AvgIpc) is 2.45. The van der Waals surface area contributed by atoms with E-state index in [0.29, 0.717) is 24.0 Å². The van der Waals surface area contributed by atoms with Gasteiger partial charge in [-0.25, -0.2) is 0 Å². The van der Waals surface area contributed by atoms with Crippen molar-refractivity contribution < 1.29 is 14.7 Å².